The molecule has 0 unspecified atom stereocenters. The van der Waals surface area contributed by atoms with Gasteiger partial charge in [0.2, 0.25) is 5.95 Å². The van der Waals surface area contributed by atoms with Gasteiger partial charge in [-0.15, -0.1) is 0 Å². The third-order valence-corrected chi connectivity index (χ3v) is 3.51. The van der Waals surface area contributed by atoms with Crippen LogP contribution in [0.5, 0.6) is 0 Å². The first-order chi connectivity index (χ1) is 9.31. The topological polar surface area (TPSA) is 75.1 Å². The summed E-state index contributed by atoms with van der Waals surface area (Å²) < 4.78 is 37.5. The summed E-state index contributed by atoms with van der Waals surface area (Å²) in [6.07, 6.45) is -1.08. The first kappa shape index (κ1) is 14.5. The number of nitrogens with one attached hydrogen (secondary N) is 1. The Morgan fingerprint density at radius 1 is 1.45 bits per heavy atom. The summed E-state index contributed by atoms with van der Waals surface area (Å²) in [5.41, 5.74) is -1.42. The molecule has 0 bridgehead atoms. The zero-order valence-corrected chi connectivity index (χ0v) is 10.6. The van der Waals surface area contributed by atoms with Crippen molar-refractivity contribution in [2.75, 3.05) is 11.9 Å². The van der Waals surface area contributed by atoms with Crippen LogP contribution in [-0.4, -0.2) is 27.6 Å². The van der Waals surface area contributed by atoms with Crippen molar-refractivity contribution in [2.45, 2.75) is 31.9 Å². The van der Waals surface area contributed by atoms with Crippen LogP contribution >= 0.6 is 0 Å². The van der Waals surface area contributed by atoms with E-state index >= 15 is 0 Å². The largest absolute Gasteiger partial charge is 0.481 e. The molecule has 0 aromatic carbocycles. The van der Waals surface area contributed by atoms with E-state index in [0.29, 0.717) is 0 Å². The molecule has 1 aliphatic carbocycles. The van der Waals surface area contributed by atoms with Crippen LogP contribution in [0.1, 0.15) is 31.4 Å². The molecule has 1 aromatic rings. The highest BCUT2D eigenvalue weighted by Crippen LogP contribution is 2.43. The number of carboxylic acid groups (broad SMARTS) is 1. The van der Waals surface area contributed by atoms with Gasteiger partial charge < -0.3 is 10.4 Å². The molecule has 1 heterocycles. The fraction of sp³-hybridized carbons (Fsp3) is 0.583. The van der Waals surface area contributed by atoms with E-state index in [4.69, 9.17) is 5.11 Å². The standard InChI is InChI=1S/C12H14F3N3O2/c13-12(14,15)8-2-5-16-10(18-8)17-7-11(3-1-4-11)6-9(19)20/h2,5H,1,3-4,6-7H2,(H,19,20)(H,16,17,18). The first-order valence-electron chi connectivity index (χ1n) is 6.17. The van der Waals surface area contributed by atoms with Gasteiger partial charge in [-0.3, -0.25) is 4.79 Å². The second-order valence-corrected chi connectivity index (χ2v) is 5.04. The Hall–Kier alpha value is -1.86. The van der Waals surface area contributed by atoms with Crippen molar-refractivity contribution in [3.8, 4) is 0 Å². The van der Waals surface area contributed by atoms with E-state index < -0.39 is 23.3 Å². The molecule has 1 fully saturated rings. The molecular weight excluding hydrogens is 275 g/mol. The quantitative estimate of drug-likeness (QED) is 0.871. The molecule has 8 heteroatoms. The Labute approximate surface area is 113 Å². The normalized spacial score (nSPS) is 17.4. The van der Waals surface area contributed by atoms with Gasteiger partial charge in [-0.05, 0) is 24.3 Å². The minimum atomic E-state index is -4.52. The van der Waals surface area contributed by atoms with Gasteiger partial charge in [0.05, 0.1) is 6.42 Å². The Bertz CT molecular complexity index is 501. The maximum atomic E-state index is 12.5. The number of anilines is 1. The fourth-order valence-electron chi connectivity index (χ4n) is 2.28. The lowest BCUT2D eigenvalue weighted by Crippen LogP contribution is -2.38. The number of alkyl halides is 3. The molecule has 110 valence electrons. The van der Waals surface area contributed by atoms with Gasteiger partial charge in [-0.1, -0.05) is 6.42 Å². The summed E-state index contributed by atoms with van der Waals surface area (Å²) in [5, 5.41) is 11.6. The predicted molar refractivity (Wildman–Crippen MR) is 64.1 cm³/mol. The third-order valence-electron chi connectivity index (χ3n) is 3.51. The Kier molecular flexibility index (Phi) is 3.82. The van der Waals surface area contributed by atoms with Crippen molar-refractivity contribution in [3.05, 3.63) is 18.0 Å². The molecule has 0 saturated heterocycles. The maximum absolute atomic E-state index is 12.5. The molecule has 0 aliphatic heterocycles. The molecule has 0 amide bonds. The lowest BCUT2D eigenvalue weighted by atomic mass is 9.66. The third kappa shape index (κ3) is 3.37. The first-order valence-corrected chi connectivity index (χ1v) is 6.17. The molecule has 1 aromatic heterocycles. The van der Waals surface area contributed by atoms with Gasteiger partial charge in [0.1, 0.15) is 5.69 Å². The summed E-state index contributed by atoms with van der Waals surface area (Å²) in [4.78, 5) is 17.9. The van der Waals surface area contributed by atoms with E-state index in [1.165, 1.54) is 0 Å². The van der Waals surface area contributed by atoms with E-state index in [0.717, 1.165) is 31.5 Å². The van der Waals surface area contributed by atoms with Crippen molar-refractivity contribution in [1.29, 1.82) is 0 Å². The monoisotopic (exact) mass is 289 g/mol. The highest BCUT2D eigenvalue weighted by molar-refractivity contribution is 5.68. The second-order valence-electron chi connectivity index (χ2n) is 5.04. The summed E-state index contributed by atoms with van der Waals surface area (Å²) in [6.45, 7) is 0.264. The number of aliphatic carboxylic acids is 1. The minimum Gasteiger partial charge on any atom is -0.481 e. The van der Waals surface area contributed by atoms with Gasteiger partial charge >= 0.3 is 12.1 Å². The van der Waals surface area contributed by atoms with Gasteiger partial charge in [0.15, 0.2) is 0 Å². The molecule has 5 nitrogen and oxygen atoms in total. The molecule has 2 rings (SSSR count). The summed E-state index contributed by atoms with van der Waals surface area (Å²) in [5.74, 6) is -1.03. The Morgan fingerprint density at radius 3 is 2.65 bits per heavy atom. The number of halogens is 3. The van der Waals surface area contributed by atoms with Crippen molar-refractivity contribution < 1.29 is 23.1 Å². The van der Waals surface area contributed by atoms with Gasteiger partial charge in [-0.25, -0.2) is 9.97 Å². The zero-order valence-electron chi connectivity index (χ0n) is 10.6. The average Bonchev–Trinajstić information content (AvgIpc) is 2.31. The van der Waals surface area contributed by atoms with E-state index in [1.54, 1.807) is 0 Å². The average molecular weight is 289 g/mol. The number of hydrogen-bond acceptors (Lipinski definition) is 4. The molecule has 0 radical (unpaired) electrons. The van der Waals surface area contributed by atoms with Crippen molar-refractivity contribution >= 4 is 11.9 Å². The predicted octanol–water partition coefficient (Wildman–Crippen LogP) is 2.55. The molecule has 2 N–H and O–H groups in total. The fourth-order valence-corrected chi connectivity index (χ4v) is 2.28. The number of hydrogen-bond donors (Lipinski definition) is 2. The number of rotatable bonds is 5. The summed E-state index contributed by atoms with van der Waals surface area (Å²) in [7, 11) is 0. The lowest BCUT2D eigenvalue weighted by Gasteiger charge is -2.40. The van der Waals surface area contributed by atoms with Gasteiger partial charge in [-0.2, -0.15) is 13.2 Å². The van der Waals surface area contributed by atoms with Crippen LogP contribution in [0.3, 0.4) is 0 Å². The van der Waals surface area contributed by atoms with Crippen LogP contribution < -0.4 is 5.32 Å². The van der Waals surface area contributed by atoms with Crippen LogP contribution in [0.25, 0.3) is 0 Å². The smallest absolute Gasteiger partial charge is 0.433 e. The van der Waals surface area contributed by atoms with Crippen LogP contribution in [0.4, 0.5) is 19.1 Å². The van der Waals surface area contributed by atoms with E-state index in [-0.39, 0.29) is 18.9 Å². The summed E-state index contributed by atoms with van der Waals surface area (Å²) in [6, 6.07) is 0.793. The maximum Gasteiger partial charge on any atom is 0.433 e. The van der Waals surface area contributed by atoms with E-state index in [1.807, 2.05) is 0 Å². The number of carboxylic acids is 1. The highest BCUT2D eigenvalue weighted by Gasteiger charge is 2.39. The SMILES string of the molecule is O=C(O)CC1(CNc2nccc(C(F)(F)F)n2)CCC1. The van der Waals surface area contributed by atoms with Crippen molar-refractivity contribution in [3.63, 3.8) is 0 Å². The zero-order chi connectivity index (χ0) is 14.8. The van der Waals surface area contributed by atoms with Crippen LogP contribution in [0.15, 0.2) is 12.3 Å². The molecule has 1 saturated carbocycles. The lowest BCUT2D eigenvalue weighted by molar-refractivity contribution is -0.141. The number of aromatic nitrogens is 2. The number of carbonyl (C=O) groups is 1. The Balaban J connectivity index is 2.02. The Morgan fingerprint density at radius 2 is 2.15 bits per heavy atom. The van der Waals surface area contributed by atoms with Crippen molar-refractivity contribution in [1.82, 2.24) is 9.97 Å². The molecular formula is C12H14F3N3O2. The molecule has 1 aliphatic rings. The van der Waals surface area contributed by atoms with Crippen LogP contribution in [-0.2, 0) is 11.0 Å². The van der Waals surface area contributed by atoms with E-state index in [9.17, 15) is 18.0 Å². The van der Waals surface area contributed by atoms with Gasteiger partial charge in [0.25, 0.3) is 0 Å². The second kappa shape index (κ2) is 5.26. The van der Waals surface area contributed by atoms with Crippen molar-refractivity contribution in [2.24, 2.45) is 5.41 Å². The van der Waals surface area contributed by atoms with Crippen LogP contribution in [0.2, 0.25) is 0 Å². The number of nitrogens with zero attached hydrogens (tertiary/aromatic N) is 2. The van der Waals surface area contributed by atoms with Gasteiger partial charge in [0, 0.05) is 12.7 Å². The molecule has 0 spiro atoms. The summed E-state index contributed by atoms with van der Waals surface area (Å²) >= 11 is 0. The molecule has 0 atom stereocenters. The van der Waals surface area contributed by atoms with E-state index in [2.05, 4.69) is 15.3 Å². The molecule has 20 heavy (non-hydrogen) atoms. The minimum absolute atomic E-state index is 0.00103. The highest BCUT2D eigenvalue weighted by atomic mass is 19.4. The van der Waals surface area contributed by atoms with Crippen LogP contribution in [0, 0.1) is 5.41 Å².